The van der Waals surface area contributed by atoms with Crippen LogP contribution in [0.15, 0.2) is 53.3 Å². The highest BCUT2D eigenvalue weighted by atomic mass is 16.6. The lowest BCUT2D eigenvalue weighted by atomic mass is 10.1. The number of hydrogen-bond acceptors (Lipinski definition) is 7. The molecule has 0 saturated heterocycles. The molecule has 172 valence electrons. The fourth-order valence-electron chi connectivity index (χ4n) is 3.10. The normalized spacial score (nSPS) is 10.6. The van der Waals surface area contributed by atoms with Crippen LogP contribution < -0.4 is 21.1 Å². The number of nitrogens with zero attached hydrogens (tertiary/aromatic N) is 3. The summed E-state index contributed by atoms with van der Waals surface area (Å²) in [6.07, 6.45) is 2.65. The Balaban J connectivity index is 1.66. The molecule has 11 heteroatoms. The van der Waals surface area contributed by atoms with Crippen molar-refractivity contribution in [2.24, 2.45) is 0 Å². The van der Waals surface area contributed by atoms with Gasteiger partial charge in [0.05, 0.1) is 10.3 Å². The average molecular weight is 453 g/mol. The van der Waals surface area contributed by atoms with Gasteiger partial charge in [-0.15, -0.1) is 0 Å². The number of carbonyl (C=O) groups excluding carboxylic acids is 2. The van der Waals surface area contributed by atoms with E-state index in [1.54, 1.807) is 24.3 Å². The van der Waals surface area contributed by atoms with Gasteiger partial charge in [-0.3, -0.25) is 35.3 Å². The Labute approximate surface area is 188 Å². The molecule has 0 bridgehead atoms. The van der Waals surface area contributed by atoms with Gasteiger partial charge in [0.1, 0.15) is 5.75 Å². The van der Waals surface area contributed by atoms with Crippen molar-refractivity contribution in [3.05, 3.63) is 74.7 Å². The number of amides is 2. The predicted molar refractivity (Wildman–Crippen MR) is 120 cm³/mol. The van der Waals surface area contributed by atoms with Crippen LogP contribution in [0.1, 0.15) is 36.7 Å². The number of aromatic nitrogens is 2. The molecule has 0 aliphatic rings. The summed E-state index contributed by atoms with van der Waals surface area (Å²) < 4.78 is 6.52. The lowest BCUT2D eigenvalue weighted by molar-refractivity contribution is -0.384. The van der Waals surface area contributed by atoms with Crippen molar-refractivity contribution in [1.82, 2.24) is 20.6 Å². The summed E-state index contributed by atoms with van der Waals surface area (Å²) in [5.74, 6) is -1.07. The zero-order chi connectivity index (χ0) is 23.8. The maximum absolute atomic E-state index is 12.7. The van der Waals surface area contributed by atoms with E-state index in [1.807, 2.05) is 6.92 Å². The second-order valence-corrected chi connectivity index (χ2v) is 7.17. The number of hydrogen-bond donors (Lipinski definition) is 2. The maximum Gasteiger partial charge on any atom is 0.290 e. The first-order valence-electron chi connectivity index (χ1n) is 10.4. The monoisotopic (exact) mass is 453 g/mol. The fourth-order valence-corrected chi connectivity index (χ4v) is 3.10. The molecule has 2 aromatic carbocycles. The van der Waals surface area contributed by atoms with Crippen LogP contribution in [0.5, 0.6) is 5.75 Å². The summed E-state index contributed by atoms with van der Waals surface area (Å²) in [5, 5.41) is 15.6. The van der Waals surface area contributed by atoms with Crippen LogP contribution in [0.3, 0.4) is 0 Å². The molecule has 1 aromatic heterocycles. The van der Waals surface area contributed by atoms with Crippen LogP contribution in [0.4, 0.5) is 5.69 Å². The first-order chi connectivity index (χ1) is 15.9. The maximum atomic E-state index is 12.7. The van der Waals surface area contributed by atoms with Crippen molar-refractivity contribution >= 4 is 28.3 Å². The van der Waals surface area contributed by atoms with Crippen molar-refractivity contribution in [3.8, 4) is 5.75 Å². The Morgan fingerprint density at radius 1 is 1.06 bits per heavy atom. The molecule has 0 spiro atoms. The highest BCUT2D eigenvalue weighted by Gasteiger charge is 2.17. The topological polar surface area (TPSA) is 145 Å². The number of aryl methyl sites for hydroxylation is 1. The quantitative estimate of drug-likeness (QED) is 0.287. The number of ether oxygens (including phenoxy) is 1. The smallest absolute Gasteiger partial charge is 0.290 e. The van der Waals surface area contributed by atoms with Gasteiger partial charge in [0.25, 0.3) is 23.1 Å². The number of unbranched alkanes of at least 4 members (excludes halogenated alkanes) is 2. The van der Waals surface area contributed by atoms with Crippen molar-refractivity contribution in [2.45, 2.75) is 32.7 Å². The van der Waals surface area contributed by atoms with Crippen LogP contribution in [-0.2, 0) is 11.3 Å². The van der Waals surface area contributed by atoms with Gasteiger partial charge in [0.2, 0.25) is 0 Å². The SMILES string of the molecule is CCCCCn1nc(C(=O)NNC(=O)COc2ccc([N+](=O)[O-])cc2)c2ccccc2c1=O. The summed E-state index contributed by atoms with van der Waals surface area (Å²) >= 11 is 0. The molecule has 2 N–H and O–H groups in total. The van der Waals surface area contributed by atoms with E-state index in [0.717, 1.165) is 19.3 Å². The zero-order valence-corrected chi connectivity index (χ0v) is 17.9. The number of nitrogens with one attached hydrogen (secondary N) is 2. The number of nitro benzene ring substituents is 1. The molecule has 11 nitrogen and oxygen atoms in total. The predicted octanol–water partition coefficient (Wildman–Crippen LogP) is 2.33. The zero-order valence-electron chi connectivity index (χ0n) is 17.9. The average Bonchev–Trinajstić information content (AvgIpc) is 2.83. The number of nitro groups is 1. The molecular weight excluding hydrogens is 430 g/mol. The number of non-ortho nitro benzene ring substituents is 1. The second-order valence-electron chi connectivity index (χ2n) is 7.17. The summed E-state index contributed by atoms with van der Waals surface area (Å²) in [6, 6.07) is 11.9. The van der Waals surface area contributed by atoms with Gasteiger partial charge < -0.3 is 4.74 Å². The van der Waals surface area contributed by atoms with E-state index in [-0.39, 0.29) is 22.7 Å². The third-order valence-electron chi connectivity index (χ3n) is 4.79. The summed E-state index contributed by atoms with van der Waals surface area (Å²) in [5.41, 5.74) is 4.14. The molecule has 2 amide bonds. The molecule has 33 heavy (non-hydrogen) atoms. The van der Waals surface area contributed by atoms with Gasteiger partial charge in [0, 0.05) is 24.1 Å². The lowest BCUT2D eigenvalue weighted by Gasteiger charge is -2.12. The first kappa shape index (κ1) is 23.4. The van der Waals surface area contributed by atoms with Crippen LogP contribution in [0.2, 0.25) is 0 Å². The molecular formula is C22H23N5O6. The van der Waals surface area contributed by atoms with E-state index in [9.17, 15) is 24.5 Å². The highest BCUT2D eigenvalue weighted by Crippen LogP contribution is 2.17. The molecule has 0 fully saturated rings. The van der Waals surface area contributed by atoms with E-state index in [2.05, 4.69) is 16.0 Å². The van der Waals surface area contributed by atoms with Crippen LogP contribution in [-0.4, -0.2) is 33.1 Å². The molecule has 0 aliphatic heterocycles. The third kappa shape index (κ3) is 5.91. The lowest BCUT2D eigenvalue weighted by Crippen LogP contribution is -2.44. The molecule has 1 heterocycles. The Kier molecular flexibility index (Phi) is 7.68. The van der Waals surface area contributed by atoms with Gasteiger partial charge in [0.15, 0.2) is 12.3 Å². The van der Waals surface area contributed by atoms with Gasteiger partial charge in [-0.1, -0.05) is 38.0 Å². The van der Waals surface area contributed by atoms with Crippen LogP contribution in [0, 0.1) is 10.1 Å². The molecule has 0 unspecified atom stereocenters. The van der Waals surface area contributed by atoms with Gasteiger partial charge in [-0.2, -0.15) is 5.10 Å². The number of carbonyl (C=O) groups is 2. The second kappa shape index (κ2) is 10.8. The molecule has 0 saturated carbocycles. The number of benzene rings is 2. The largest absolute Gasteiger partial charge is 0.484 e. The molecule has 3 aromatic rings. The minimum absolute atomic E-state index is 0.0123. The summed E-state index contributed by atoms with van der Waals surface area (Å²) in [6.45, 7) is 2.00. The number of fused-ring (bicyclic) bond motifs is 1. The first-order valence-corrected chi connectivity index (χ1v) is 10.4. The van der Waals surface area contributed by atoms with E-state index < -0.39 is 23.3 Å². The van der Waals surface area contributed by atoms with Gasteiger partial charge in [-0.05, 0) is 24.6 Å². The Morgan fingerprint density at radius 2 is 1.76 bits per heavy atom. The Hall–Kier alpha value is -4.28. The van der Waals surface area contributed by atoms with Crippen molar-refractivity contribution in [2.75, 3.05) is 6.61 Å². The van der Waals surface area contributed by atoms with Gasteiger partial charge >= 0.3 is 0 Å². The van der Waals surface area contributed by atoms with Crippen LogP contribution >= 0.6 is 0 Å². The van der Waals surface area contributed by atoms with Crippen molar-refractivity contribution in [3.63, 3.8) is 0 Å². The van der Waals surface area contributed by atoms with Crippen molar-refractivity contribution < 1.29 is 19.2 Å². The minimum atomic E-state index is -0.681. The summed E-state index contributed by atoms with van der Waals surface area (Å²) in [7, 11) is 0. The Morgan fingerprint density at radius 3 is 2.42 bits per heavy atom. The Bertz CT molecular complexity index is 1220. The van der Waals surface area contributed by atoms with E-state index in [4.69, 9.17) is 4.74 Å². The third-order valence-corrected chi connectivity index (χ3v) is 4.79. The van der Waals surface area contributed by atoms with Crippen LogP contribution in [0.25, 0.3) is 10.8 Å². The van der Waals surface area contributed by atoms with Crippen molar-refractivity contribution in [1.29, 1.82) is 0 Å². The summed E-state index contributed by atoms with van der Waals surface area (Å²) in [4.78, 5) is 47.6. The standard InChI is InChI=1S/C22H23N5O6/c1-2-3-6-13-26-22(30)18-8-5-4-7-17(18)20(25-26)21(29)24-23-19(28)14-33-16-11-9-15(10-12-16)27(31)32/h4-5,7-12H,2-3,6,13-14H2,1H3,(H,23,28)(H,24,29). The number of rotatable bonds is 9. The highest BCUT2D eigenvalue weighted by molar-refractivity contribution is 6.05. The number of hydrazine groups is 1. The van der Waals surface area contributed by atoms with Gasteiger partial charge in [-0.25, -0.2) is 4.68 Å². The van der Waals surface area contributed by atoms with E-state index >= 15 is 0 Å². The molecule has 3 rings (SSSR count). The molecule has 0 atom stereocenters. The molecule has 0 aliphatic carbocycles. The fraction of sp³-hybridized carbons (Fsp3) is 0.273. The van der Waals surface area contributed by atoms with E-state index in [1.165, 1.54) is 28.9 Å². The minimum Gasteiger partial charge on any atom is -0.484 e. The van der Waals surface area contributed by atoms with E-state index in [0.29, 0.717) is 17.3 Å². The molecule has 0 radical (unpaired) electrons.